The molecule has 4 heteroatoms. The molecule has 1 aromatic heterocycles. The van der Waals surface area contributed by atoms with Crippen LogP contribution in [0.25, 0.3) is 0 Å². The monoisotopic (exact) mass is 248 g/mol. The van der Waals surface area contributed by atoms with Crippen LogP contribution in [0.3, 0.4) is 0 Å². The molecule has 0 amide bonds. The molecule has 0 radical (unpaired) electrons. The van der Waals surface area contributed by atoms with Crippen LogP contribution in [0.5, 0.6) is 5.75 Å². The molecule has 0 aliphatic rings. The van der Waals surface area contributed by atoms with Gasteiger partial charge in [-0.3, -0.25) is 0 Å². The standard InChI is InChI=1S/C13H16N2OS/c1-9-3-4-10(7-12(9)16-2)11(14)8-13-15-5-6-17-13/h3-7,11H,8,14H2,1-2H3. The average Bonchev–Trinajstić information content (AvgIpc) is 2.82. The number of aryl methyl sites for hydroxylation is 1. The molecule has 0 fully saturated rings. The van der Waals surface area contributed by atoms with E-state index in [-0.39, 0.29) is 6.04 Å². The first-order valence-corrected chi connectivity index (χ1v) is 6.37. The van der Waals surface area contributed by atoms with Crippen molar-refractivity contribution in [2.75, 3.05) is 7.11 Å². The predicted octanol–water partition coefficient (Wildman–Crippen LogP) is 2.70. The highest BCUT2D eigenvalue weighted by Gasteiger charge is 2.10. The minimum absolute atomic E-state index is 0.0318. The quantitative estimate of drug-likeness (QED) is 0.905. The van der Waals surface area contributed by atoms with Crippen molar-refractivity contribution in [3.05, 3.63) is 45.9 Å². The van der Waals surface area contributed by atoms with Gasteiger partial charge >= 0.3 is 0 Å². The Balaban J connectivity index is 2.16. The smallest absolute Gasteiger partial charge is 0.122 e. The summed E-state index contributed by atoms with van der Waals surface area (Å²) in [7, 11) is 1.68. The molecule has 2 N–H and O–H groups in total. The Labute approximate surface area is 105 Å². The number of thiazole rings is 1. The van der Waals surface area contributed by atoms with Crippen LogP contribution in [0.4, 0.5) is 0 Å². The fraction of sp³-hybridized carbons (Fsp3) is 0.308. The molecule has 2 rings (SSSR count). The van der Waals surface area contributed by atoms with E-state index in [0.29, 0.717) is 0 Å². The number of hydrogen-bond acceptors (Lipinski definition) is 4. The SMILES string of the molecule is COc1cc(C(N)Cc2nccs2)ccc1C. The van der Waals surface area contributed by atoms with Gasteiger partial charge in [-0.1, -0.05) is 12.1 Å². The van der Waals surface area contributed by atoms with Crippen LogP contribution in [0.15, 0.2) is 29.8 Å². The molecule has 0 aliphatic carbocycles. The normalized spacial score (nSPS) is 12.4. The van der Waals surface area contributed by atoms with E-state index < -0.39 is 0 Å². The van der Waals surface area contributed by atoms with Crippen LogP contribution in [-0.2, 0) is 6.42 Å². The lowest BCUT2D eigenvalue weighted by Crippen LogP contribution is -2.13. The summed E-state index contributed by atoms with van der Waals surface area (Å²) in [6, 6.07) is 6.07. The van der Waals surface area contributed by atoms with Crippen LogP contribution < -0.4 is 10.5 Å². The lowest BCUT2D eigenvalue weighted by atomic mass is 10.0. The maximum absolute atomic E-state index is 6.17. The molecule has 1 aromatic carbocycles. The zero-order chi connectivity index (χ0) is 12.3. The third-order valence-electron chi connectivity index (χ3n) is 2.74. The Morgan fingerprint density at radius 2 is 2.29 bits per heavy atom. The van der Waals surface area contributed by atoms with Crippen molar-refractivity contribution in [2.45, 2.75) is 19.4 Å². The molecule has 0 saturated heterocycles. The van der Waals surface area contributed by atoms with Crippen LogP contribution in [0.2, 0.25) is 0 Å². The summed E-state index contributed by atoms with van der Waals surface area (Å²) in [6.45, 7) is 2.02. The maximum atomic E-state index is 6.17. The summed E-state index contributed by atoms with van der Waals surface area (Å²) in [5.41, 5.74) is 8.38. The predicted molar refractivity (Wildman–Crippen MR) is 70.5 cm³/mol. The van der Waals surface area contributed by atoms with Gasteiger partial charge < -0.3 is 10.5 Å². The first-order chi connectivity index (χ1) is 8.20. The third-order valence-corrected chi connectivity index (χ3v) is 3.54. The largest absolute Gasteiger partial charge is 0.496 e. The van der Waals surface area contributed by atoms with Gasteiger partial charge in [-0.15, -0.1) is 11.3 Å². The highest BCUT2D eigenvalue weighted by atomic mass is 32.1. The van der Waals surface area contributed by atoms with Gasteiger partial charge in [0.1, 0.15) is 5.75 Å². The number of ether oxygens (including phenoxy) is 1. The first-order valence-electron chi connectivity index (χ1n) is 5.49. The highest BCUT2D eigenvalue weighted by molar-refractivity contribution is 7.09. The second-order valence-corrected chi connectivity index (χ2v) is 4.94. The molecule has 90 valence electrons. The van der Waals surface area contributed by atoms with Gasteiger partial charge in [0.25, 0.3) is 0 Å². The van der Waals surface area contributed by atoms with E-state index in [0.717, 1.165) is 28.3 Å². The molecule has 0 saturated carbocycles. The summed E-state index contributed by atoms with van der Waals surface area (Å²) in [4.78, 5) is 4.25. The van der Waals surface area contributed by atoms with E-state index in [4.69, 9.17) is 10.5 Å². The Morgan fingerprint density at radius 1 is 1.47 bits per heavy atom. The Hall–Kier alpha value is -1.39. The van der Waals surface area contributed by atoms with Gasteiger partial charge in [0.05, 0.1) is 12.1 Å². The molecule has 1 heterocycles. The Bertz CT molecular complexity index is 482. The fourth-order valence-corrected chi connectivity index (χ4v) is 2.40. The van der Waals surface area contributed by atoms with Crippen LogP contribution >= 0.6 is 11.3 Å². The number of benzene rings is 1. The lowest BCUT2D eigenvalue weighted by molar-refractivity contribution is 0.410. The van der Waals surface area contributed by atoms with Crippen molar-refractivity contribution >= 4 is 11.3 Å². The van der Waals surface area contributed by atoms with E-state index in [1.165, 1.54) is 0 Å². The molecule has 17 heavy (non-hydrogen) atoms. The third kappa shape index (κ3) is 2.84. The Morgan fingerprint density at radius 3 is 2.94 bits per heavy atom. The summed E-state index contributed by atoms with van der Waals surface area (Å²) < 4.78 is 5.30. The highest BCUT2D eigenvalue weighted by Crippen LogP contribution is 2.24. The second kappa shape index (κ2) is 5.29. The van der Waals surface area contributed by atoms with E-state index in [9.17, 15) is 0 Å². The maximum Gasteiger partial charge on any atom is 0.122 e. The molecule has 1 unspecified atom stereocenters. The van der Waals surface area contributed by atoms with Crippen LogP contribution in [0.1, 0.15) is 22.2 Å². The van der Waals surface area contributed by atoms with Gasteiger partial charge in [0, 0.05) is 24.0 Å². The molecular formula is C13H16N2OS. The topological polar surface area (TPSA) is 48.1 Å². The number of nitrogens with two attached hydrogens (primary N) is 1. The van der Waals surface area contributed by atoms with Crippen molar-refractivity contribution in [3.63, 3.8) is 0 Å². The summed E-state index contributed by atoms with van der Waals surface area (Å²) >= 11 is 1.64. The first kappa shape index (κ1) is 12.1. The minimum Gasteiger partial charge on any atom is -0.496 e. The average molecular weight is 248 g/mol. The summed E-state index contributed by atoms with van der Waals surface area (Å²) in [6.07, 6.45) is 2.58. The number of nitrogens with zero attached hydrogens (tertiary/aromatic N) is 1. The number of methoxy groups -OCH3 is 1. The Kier molecular flexibility index (Phi) is 3.76. The molecule has 0 spiro atoms. The van der Waals surface area contributed by atoms with E-state index in [1.54, 1.807) is 18.4 Å². The van der Waals surface area contributed by atoms with Gasteiger partial charge in [0.2, 0.25) is 0 Å². The van der Waals surface area contributed by atoms with Crippen molar-refractivity contribution in [2.24, 2.45) is 5.73 Å². The summed E-state index contributed by atoms with van der Waals surface area (Å²) in [5.74, 6) is 0.886. The van der Waals surface area contributed by atoms with Gasteiger partial charge in [0.15, 0.2) is 0 Å². The fourth-order valence-electron chi connectivity index (χ4n) is 1.73. The number of aromatic nitrogens is 1. The van der Waals surface area contributed by atoms with E-state index >= 15 is 0 Å². The van der Waals surface area contributed by atoms with E-state index in [1.807, 2.05) is 30.6 Å². The minimum atomic E-state index is -0.0318. The zero-order valence-electron chi connectivity index (χ0n) is 10.0. The number of hydrogen-bond donors (Lipinski definition) is 1. The van der Waals surface area contributed by atoms with Crippen molar-refractivity contribution in [1.29, 1.82) is 0 Å². The van der Waals surface area contributed by atoms with Gasteiger partial charge in [-0.2, -0.15) is 0 Å². The van der Waals surface area contributed by atoms with E-state index in [2.05, 4.69) is 11.1 Å². The summed E-state index contributed by atoms with van der Waals surface area (Å²) in [5, 5.41) is 3.04. The molecule has 3 nitrogen and oxygen atoms in total. The van der Waals surface area contributed by atoms with Crippen LogP contribution in [0, 0.1) is 6.92 Å². The van der Waals surface area contributed by atoms with Crippen molar-refractivity contribution in [1.82, 2.24) is 4.98 Å². The molecule has 2 aromatic rings. The molecule has 0 bridgehead atoms. The zero-order valence-corrected chi connectivity index (χ0v) is 10.8. The molecule has 0 aliphatic heterocycles. The second-order valence-electron chi connectivity index (χ2n) is 3.97. The van der Waals surface area contributed by atoms with Crippen molar-refractivity contribution < 1.29 is 4.74 Å². The number of rotatable bonds is 4. The molecular weight excluding hydrogens is 232 g/mol. The molecule has 1 atom stereocenters. The van der Waals surface area contributed by atoms with Gasteiger partial charge in [-0.25, -0.2) is 4.98 Å². The lowest BCUT2D eigenvalue weighted by Gasteiger charge is -2.13. The van der Waals surface area contributed by atoms with Crippen LogP contribution in [-0.4, -0.2) is 12.1 Å². The van der Waals surface area contributed by atoms with Crippen molar-refractivity contribution in [3.8, 4) is 5.75 Å². The van der Waals surface area contributed by atoms with Gasteiger partial charge in [-0.05, 0) is 24.1 Å².